The second-order valence-corrected chi connectivity index (χ2v) is 5.79. The molecule has 0 atom stereocenters. The second-order valence-electron chi connectivity index (χ2n) is 3.80. The number of nitrogens with two attached hydrogens (primary N) is 1. The van der Waals surface area contributed by atoms with Crippen LogP contribution in [-0.4, -0.2) is 13.4 Å². The number of hydrogen-bond acceptors (Lipinski definition) is 4. The lowest BCUT2D eigenvalue weighted by molar-refractivity contribution is 0.293. The van der Waals surface area contributed by atoms with Crippen LogP contribution in [-0.2, 0) is 16.6 Å². The van der Waals surface area contributed by atoms with Gasteiger partial charge in [0.25, 0.3) is 0 Å². The van der Waals surface area contributed by atoms with Crippen LogP contribution in [0.15, 0.2) is 47.5 Å². The number of benzene rings is 1. The van der Waals surface area contributed by atoms with E-state index in [0.29, 0.717) is 17.5 Å². The van der Waals surface area contributed by atoms with E-state index in [1.165, 1.54) is 12.1 Å². The first kappa shape index (κ1) is 13.8. The summed E-state index contributed by atoms with van der Waals surface area (Å²) in [4.78, 5) is 3.82. The van der Waals surface area contributed by atoms with Gasteiger partial charge in [0.15, 0.2) is 0 Å². The molecule has 0 bridgehead atoms. The molecule has 1 heterocycles. The van der Waals surface area contributed by atoms with Crippen LogP contribution in [0, 0.1) is 0 Å². The summed E-state index contributed by atoms with van der Waals surface area (Å²) in [7, 11) is -3.73. The molecule has 19 heavy (non-hydrogen) atoms. The van der Waals surface area contributed by atoms with Crippen molar-refractivity contribution in [3.8, 4) is 5.88 Å². The number of rotatable bonds is 4. The molecule has 0 aliphatic heterocycles. The Balaban J connectivity index is 2.05. The van der Waals surface area contributed by atoms with E-state index in [-0.39, 0.29) is 4.90 Å². The maximum absolute atomic E-state index is 11.0. The van der Waals surface area contributed by atoms with Crippen molar-refractivity contribution >= 4 is 21.6 Å². The molecule has 2 aromatic rings. The van der Waals surface area contributed by atoms with Gasteiger partial charge in [-0.05, 0) is 23.8 Å². The van der Waals surface area contributed by atoms with Crippen molar-refractivity contribution in [1.82, 2.24) is 4.98 Å². The lowest BCUT2D eigenvalue weighted by Crippen LogP contribution is -2.12. The maximum Gasteiger partial charge on any atom is 0.239 e. The minimum Gasteiger partial charge on any atom is -0.473 e. The van der Waals surface area contributed by atoms with Crippen LogP contribution >= 0.6 is 11.6 Å². The van der Waals surface area contributed by atoms with Crippen molar-refractivity contribution in [1.29, 1.82) is 0 Å². The molecule has 1 aromatic heterocycles. The first-order chi connectivity index (χ1) is 8.95. The van der Waals surface area contributed by atoms with Gasteiger partial charge in [-0.1, -0.05) is 23.7 Å². The van der Waals surface area contributed by atoms with E-state index >= 15 is 0 Å². The Kier molecular flexibility index (Phi) is 4.04. The van der Waals surface area contributed by atoms with Gasteiger partial charge in [-0.2, -0.15) is 0 Å². The number of primary sulfonamides is 1. The van der Waals surface area contributed by atoms with Crippen molar-refractivity contribution in [3.05, 3.63) is 53.2 Å². The molecule has 5 nitrogen and oxygen atoms in total. The number of halogens is 1. The third-order valence-electron chi connectivity index (χ3n) is 2.31. The molecule has 1 aromatic carbocycles. The molecule has 2 N–H and O–H groups in total. The molecule has 7 heteroatoms. The first-order valence-electron chi connectivity index (χ1n) is 5.31. The van der Waals surface area contributed by atoms with Gasteiger partial charge >= 0.3 is 0 Å². The summed E-state index contributed by atoms with van der Waals surface area (Å²) in [5, 5.41) is 5.59. The minimum absolute atomic E-state index is 0.0531. The summed E-state index contributed by atoms with van der Waals surface area (Å²) in [6.07, 6.45) is 1.16. The number of ether oxygens (including phenoxy) is 1. The third kappa shape index (κ3) is 3.92. The number of nitrogens with zero attached hydrogens (tertiary/aromatic N) is 1. The van der Waals surface area contributed by atoms with E-state index in [4.69, 9.17) is 21.5 Å². The Morgan fingerprint density at radius 3 is 2.63 bits per heavy atom. The zero-order chi connectivity index (χ0) is 13.9. The normalized spacial score (nSPS) is 11.3. The van der Waals surface area contributed by atoms with Gasteiger partial charge in [0.05, 0.1) is 6.20 Å². The summed E-state index contributed by atoms with van der Waals surface area (Å²) in [6, 6.07) is 10.0. The van der Waals surface area contributed by atoms with Crippen LogP contribution in [0.4, 0.5) is 0 Å². The number of sulfonamides is 1. The smallest absolute Gasteiger partial charge is 0.239 e. The highest BCUT2D eigenvalue weighted by Crippen LogP contribution is 2.15. The van der Waals surface area contributed by atoms with Gasteiger partial charge in [0, 0.05) is 11.1 Å². The van der Waals surface area contributed by atoms with E-state index < -0.39 is 10.0 Å². The highest BCUT2D eigenvalue weighted by molar-refractivity contribution is 7.89. The van der Waals surface area contributed by atoms with Crippen molar-refractivity contribution in [2.24, 2.45) is 5.14 Å². The van der Waals surface area contributed by atoms with Gasteiger partial charge in [-0.25, -0.2) is 18.5 Å². The second kappa shape index (κ2) is 5.56. The molecule has 0 fully saturated rings. The van der Waals surface area contributed by atoms with Gasteiger partial charge in [-0.3, -0.25) is 0 Å². The van der Waals surface area contributed by atoms with Gasteiger partial charge in [0.2, 0.25) is 15.9 Å². The molecule has 0 aliphatic rings. The Morgan fingerprint density at radius 2 is 2.05 bits per heavy atom. The average molecular weight is 299 g/mol. The predicted molar refractivity (Wildman–Crippen MR) is 71.4 cm³/mol. The summed E-state index contributed by atoms with van der Waals surface area (Å²) >= 11 is 5.85. The fourth-order valence-corrected chi connectivity index (χ4v) is 2.07. The maximum atomic E-state index is 11.0. The fourth-order valence-electron chi connectivity index (χ4n) is 1.40. The highest BCUT2D eigenvalue weighted by atomic mass is 35.5. The van der Waals surface area contributed by atoms with Gasteiger partial charge < -0.3 is 4.74 Å². The standard InChI is InChI=1S/C12H11ClN2O3S/c13-10-3-1-2-9(6-10)8-18-12-5-4-11(7-15-12)19(14,16)17/h1-7H,8H2,(H2,14,16,17). The molecule has 0 spiro atoms. The largest absolute Gasteiger partial charge is 0.473 e. The fraction of sp³-hybridized carbons (Fsp3) is 0.0833. The molecule has 0 saturated carbocycles. The molecule has 0 aliphatic carbocycles. The highest BCUT2D eigenvalue weighted by Gasteiger charge is 2.08. The molecule has 0 saturated heterocycles. The first-order valence-corrected chi connectivity index (χ1v) is 7.24. The van der Waals surface area contributed by atoms with Crippen molar-refractivity contribution in [3.63, 3.8) is 0 Å². The lowest BCUT2D eigenvalue weighted by Gasteiger charge is -2.06. The summed E-state index contributed by atoms with van der Waals surface area (Å²) < 4.78 is 27.5. The zero-order valence-electron chi connectivity index (χ0n) is 9.78. The number of pyridine rings is 1. The van der Waals surface area contributed by atoms with E-state index in [9.17, 15) is 8.42 Å². The third-order valence-corrected chi connectivity index (χ3v) is 3.45. The zero-order valence-corrected chi connectivity index (χ0v) is 11.4. The van der Waals surface area contributed by atoms with E-state index in [2.05, 4.69) is 4.98 Å². The Morgan fingerprint density at radius 1 is 1.26 bits per heavy atom. The van der Waals surface area contributed by atoms with E-state index in [0.717, 1.165) is 11.8 Å². The summed E-state index contributed by atoms with van der Waals surface area (Å²) in [5.74, 6) is 0.312. The average Bonchev–Trinajstić information content (AvgIpc) is 2.36. The van der Waals surface area contributed by atoms with Crippen LogP contribution in [0.3, 0.4) is 0 Å². The van der Waals surface area contributed by atoms with Gasteiger partial charge in [-0.15, -0.1) is 0 Å². The quantitative estimate of drug-likeness (QED) is 0.935. The Hall–Kier alpha value is -1.63. The number of aromatic nitrogens is 1. The van der Waals surface area contributed by atoms with Crippen LogP contribution in [0.1, 0.15) is 5.56 Å². The topological polar surface area (TPSA) is 82.3 Å². The monoisotopic (exact) mass is 298 g/mol. The van der Waals surface area contributed by atoms with Crippen LogP contribution in [0.2, 0.25) is 5.02 Å². The van der Waals surface area contributed by atoms with Crippen molar-refractivity contribution in [2.45, 2.75) is 11.5 Å². The van der Waals surface area contributed by atoms with Crippen molar-refractivity contribution in [2.75, 3.05) is 0 Å². The molecule has 0 radical (unpaired) electrons. The molecule has 0 unspecified atom stereocenters. The molecule has 100 valence electrons. The Labute approximate surface area is 116 Å². The summed E-state index contributed by atoms with van der Waals surface area (Å²) in [5.41, 5.74) is 0.893. The predicted octanol–water partition coefficient (Wildman–Crippen LogP) is 1.96. The van der Waals surface area contributed by atoms with Crippen LogP contribution in [0.5, 0.6) is 5.88 Å². The molecule has 2 rings (SSSR count). The van der Waals surface area contributed by atoms with Crippen LogP contribution < -0.4 is 9.88 Å². The molecular formula is C12H11ClN2O3S. The molecule has 0 amide bonds. The van der Waals surface area contributed by atoms with E-state index in [1.807, 2.05) is 12.1 Å². The Bertz CT molecular complexity index is 672. The summed E-state index contributed by atoms with van der Waals surface area (Å²) in [6.45, 7) is 0.294. The lowest BCUT2D eigenvalue weighted by atomic mass is 10.2. The van der Waals surface area contributed by atoms with E-state index in [1.54, 1.807) is 12.1 Å². The molecular weight excluding hydrogens is 288 g/mol. The van der Waals surface area contributed by atoms with Crippen molar-refractivity contribution < 1.29 is 13.2 Å². The SMILES string of the molecule is NS(=O)(=O)c1ccc(OCc2cccc(Cl)c2)nc1. The number of hydrogen-bond donors (Lipinski definition) is 1. The minimum atomic E-state index is -3.73. The van der Waals surface area contributed by atoms with Gasteiger partial charge in [0.1, 0.15) is 11.5 Å². The van der Waals surface area contributed by atoms with Crippen LogP contribution in [0.25, 0.3) is 0 Å².